The monoisotopic (exact) mass is 354 g/mol. The Hall–Kier alpha value is -0.950. The molecule has 0 aromatic carbocycles. The quantitative estimate of drug-likeness (QED) is 0.421. The molecule has 0 bridgehead atoms. The van der Waals surface area contributed by atoms with E-state index in [9.17, 15) is 19.0 Å². The van der Waals surface area contributed by atoms with Crippen LogP contribution in [-0.2, 0) is 32.7 Å². The van der Waals surface area contributed by atoms with Crippen LogP contribution in [0.5, 0.6) is 0 Å². The SMILES string of the molecule is CCC(=O)OC(CC)COP(=O)(O)OCC(CC)OC(=O)CC. The van der Waals surface area contributed by atoms with Crippen LogP contribution in [-0.4, -0.2) is 42.3 Å². The third kappa shape index (κ3) is 10.4. The normalized spacial score (nSPS) is 16.2. The van der Waals surface area contributed by atoms with Crippen molar-refractivity contribution in [3.63, 3.8) is 0 Å². The number of carbonyl (C=O) groups is 2. The minimum absolute atomic E-state index is 0.213. The highest BCUT2D eigenvalue weighted by Crippen LogP contribution is 2.43. The van der Waals surface area contributed by atoms with Crippen molar-refractivity contribution in [2.75, 3.05) is 13.2 Å². The van der Waals surface area contributed by atoms with Crippen molar-refractivity contribution in [2.24, 2.45) is 0 Å². The summed E-state index contributed by atoms with van der Waals surface area (Å²) < 4.78 is 31.5. The lowest BCUT2D eigenvalue weighted by atomic mass is 10.3. The molecule has 0 saturated carbocycles. The predicted molar refractivity (Wildman–Crippen MR) is 82.7 cm³/mol. The summed E-state index contributed by atoms with van der Waals surface area (Å²) in [5, 5.41) is 0. The minimum atomic E-state index is -4.31. The van der Waals surface area contributed by atoms with Crippen LogP contribution in [0.4, 0.5) is 0 Å². The van der Waals surface area contributed by atoms with Gasteiger partial charge in [-0.05, 0) is 12.8 Å². The second kappa shape index (κ2) is 11.6. The van der Waals surface area contributed by atoms with E-state index >= 15 is 0 Å². The zero-order chi connectivity index (χ0) is 17.9. The lowest BCUT2D eigenvalue weighted by Crippen LogP contribution is -2.24. The van der Waals surface area contributed by atoms with Gasteiger partial charge in [0.15, 0.2) is 0 Å². The molecule has 0 aliphatic rings. The van der Waals surface area contributed by atoms with Crippen LogP contribution in [0.2, 0.25) is 0 Å². The summed E-state index contributed by atoms with van der Waals surface area (Å²) in [6.07, 6.45) is 0.0718. The Bertz CT molecular complexity index is 378. The van der Waals surface area contributed by atoms with E-state index in [2.05, 4.69) is 0 Å². The Balaban J connectivity index is 4.32. The van der Waals surface area contributed by atoms with E-state index in [-0.39, 0.29) is 26.1 Å². The molecule has 8 nitrogen and oxygen atoms in total. The fourth-order valence-corrected chi connectivity index (χ4v) is 2.18. The van der Waals surface area contributed by atoms with Crippen LogP contribution >= 0.6 is 7.82 Å². The molecule has 0 radical (unpaired) electrons. The first-order valence-corrected chi connectivity index (χ1v) is 9.28. The lowest BCUT2D eigenvalue weighted by Gasteiger charge is -2.20. The first-order valence-electron chi connectivity index (χ1n) is 7.78. The van der Waals surface area contributed by atoms with Crippen LogP contribution in [0.25, 0.3) is 0 Å². The van der Waals surface area contributed by atoms with Crippen molar-refractivity contribution in [2.45, 2.75) is 65.6 Å². The van der Waals surface area contributed by atoms with Gasteiger partial charge in [-0.2, -0.15) is 0 Å². The topological polar surface area (TPSA) is 108 Å². The summed E-state index contributed by atoms with van der Waals surface area (Å²) in [7, 11) is -4.31. The number of hydrogen-bond donors (Lipinski definition) is 1. The zero-order valence-electron chi connectivity index (χ0n) is 14.1. The Morgan fingerprint density at radius 1 is 0.870 bits per heavy atom. The van der Waals surface area contributed by atoms with Gasteiger partial charge in [0.05, 0.1) is 13.2 Å². The molecule has 0 aromatic rings. The third-order valence-corrected chi connectivity index (χ3v) is 3.88. The summed E-state index contributed by atoms with van der Waals surface area (Å²) in [6.45, 7) is 6.33. The predicted octanol–water partition coefficient (Wildman–Crippen LogP) is 2.58. The highest BCUT2D eigenvalue weighted by atomic mass is 31.2. The summed E-state index contributed by atoms with van der Waals surface area (Å²) >= 11 is 0. The van der Waals surface area contributed by atoms with E-state index in [1.54, 1.807) is 27.7 Å². The van der Waals surface area contributed by atoms with Crippen molar-refractivity contribution >= 4 is 19.8 Å². The van der Waals surface area contributed by atoms with Crippen molar-refractivity contribution in [3.8, 4) is 0 Å². The van der Waals surface area contributed by atoms with Crippen LogP contribution < -0.4 is 0 Å². The molecule has 23 heavy (non-hydrogen) atoms. The highest BCUT2D eigenvalue weighted by molar-refractivity contribution is 7.47. The van der Waals surface area contributed by atoms with Gasteiger partial charge < -0.3 is 14.4 Å². The van der Waals surface area contributed by atoms with E-state index in [0.29, 0.717) is 12.8 Å². The van der Waals surface area contributed by atoms with Gasteiger partial charge in [0.1, 0.15) is 12.2 Å². The van der Waals surface area contributed by atoms with Gasteiger partial charge in [-0.1, -0.05) is 27.7 Å². The van der Waals surface area contributed by atoms with Gasteiger partial charge in [-0.15, -0.1) is 0 Å². The van der Waals surface area contributed by atoms with Gasteiger partial charge in [0, 0.05) is 12.8 Å². The second-order valence-corrected chi connectivity index (χ2v) is 6.26. The fourth-order valence-electron chi connectivity index (χ4n) is 1.40. The molecule has 0 aliphatic carbocycles. The first-order chi connectivity index (χ1) is 10.8. The molecular formula is C14H27O8P. The Morgan fingerprint density at radius 2 is 1.22 bits per heavy atom. The van der Waals surface area contributed by atoms with Gasteiger partial charge in [-0.3, -0.25) is 18.6 Å². The molecule has 0 fully saturated rings. The van der Waals surface area contributed by atoms with Gasteiger partial charge in [0.25, 0.3) is 0 Å². The summed E-state index contributed by atoms with van der Waals surface area (Å²) in [5.41, 5.74) is 0. The van der Waals surface area contributed by atoms with Crippen molar-refractivity contribution < 1.29 is 37.6 Å². The van der Waals surface area contributed by atoms with Gasteiger partial charge in [0.2, 0.25) is 0 Å². The first kappa shape index (κ1) is 22.1. The van der Waals surface area contributed by atoms with Crippen LogP contribution in [0.15, 0.2) is 0 Å². The Labute approximate surface area is 137 Å². The van der Waals surface area contributed by atoms with Crippen molar-refractivity contribution in [1.82, 2.24) is 0 Å². The molecule has 0 heterocycles. The van der Waals surface area contributed by atoms with Gasteiger partial charge in [-0.25, -0.2) is 4.57 Å². The van der Waals surface area contributed by atoms with Crippen LogP contribution in [0, 0.1) is 0 Å². The number of esters is 2. The average Bonchev–Trinajstić information content (AvgIpc) is 2.54. The van der Waals surface area contributed by atoms with Crippen molar-refractivity contribution in [1.29, 1.82) is 0 Å². The van der Waals surface area contributed by atoms with Crippen molar-refractivity contribution in [3.05, 3.63) is 0 Å². The molecular weight excluding hydrogens is 327 g/mol. The van der Waals surface area contributed by atoms with E-state index < -0.39 is 32.0 Å². The number of carbonyl (C=O) groups excluding carboxylic acids is 2. The maximum atomic E-state index is 11.8. The third-order valence-electron chi connectivity index (χ3n) is 2.93. The number of hydrogen-bond acceptors (Lipinski definition) is 7. The highest BCUT2D eigenvalue weighted by Gasteiger charge is 2.26. The maximum absolute atomic E-state index is 11.8. The fraction of sp³-hybridized carbons (Fsp3) is 0.857. The molecule has 9 heteroatoms. The molecule has 0 saturated heterocycles. The number of phosphoric ester groups is 1. The average molecular weight is 354 g/mol. The second-order valence-electron chi connectivity index (χ2n) is 4.81. The molecule has 136 valence electrons. The maximum Gasteiger partial charge on any atom is 0.472 e. The molecule has 0 amide bonds. The lowest BCUT2D eigenvalue weighted by molar-refractivity contribution is -0.150. The Morgan fingerprint density at radius 3 is 1.48 bits per heavy atom. The van der Waals surface area contributed by atoms with E-state index in [1.165, 1.54) is 0 Å². The smallest absolute Gasteiger partial charge is 0.460 e. The molecule has 2 atom stereocenters. The zero-order valence-corrected chi connectivity index (χ0v) is 15.0. The molecule has 0 aromatic heterocycles. The Kier molecular flexibility index (Phi) is 11.1. The standard InChI is InChI=1S/C14H27O8P/c1-5-11(21-13(15)7-3)9-19-23(17,18)20-10-12(6-2)22-14(16)8-4/h11-12H,5-10H2,1-4H3,(H,17,18). The molecule has 2 unspecified atom stereocenters. The molecule has 0 aliphatic heterocycles. The molecule has 0 rings (SSSR count). The minimum Gasteiger partial charge on any atom is -0.460 e. The van der Waals surface area contributed by atoms with E-state index in [4.69, 9.17) is 18.5 Å². The van der Waals surface area contributed by atoms with Crippen LogP contribution in [0.3, 0.4) is 0 Å². The summed E-state index contributed by atoms with van der Waals surface area (Å²) in [5.74, 6) is -0.821. The number of ether oxygens (including phenoxy) is 2. The largest absolute Gasteiger partial charge is 0.472 e. The van der Waals surface area contributed by atoms with E-state index in [0.717, 1.165) is 0 Å². The number of phosphoric acid groups is 1. The molecule has 1 N–H and O–H groups in total. The van der Waals surface area contributed by atoms with Gasteiger partial charge >= 0.3 is 19.8 Å². The summed E-state index contributed by atoms with van der Waals surface area (Å²) in [4.78, 5) is 32.0. The molecule has 0 spiro atoms. The van der Waals surface area contributed by atoms with Crippen LogP contribution in [0.1, 0.15) is 53.4 Å². The summed E-state index contributed by atoms with van der Waals surface area (Å²) in [6, 6.07) is 0. The van der Waals surface area contributed by atoms with E-state index in [1.807, 2.05) is 0 Å². The number of rotatable bonds is 12.